The number of esters is 1. The molecule has 0 saturated carbocycles. The Balaban J connectivity index is 1.77. The molecule has 1 heterocycles. The molecular weight excluding hydrogens is 368 g/mol. The molecule has 1 amide bonds. The molecule has 1 N–H and O–H groups in total. The van der Waals surface area contributed by atoms with Gasteiger partial charge in [-0.1, -0.05) is 30.3 Å². The quantitative estimate of drug-likeness (QED) is 0.613. The number of anilines is 3. The first-order chi connectivity index (χ1) is 14.1. The normalized spacial score (nSPS) is 10.3. The van der Waals surface area contributed by atoms with E-state index in [4.69, 9.17) is 4.74 Å². The fourth-order valence-corrected chi connectivity index (χ4v) is 2.82. The molecule has 0 bridgehead atoms. The summed E-state index contributed by atoms with van der Waals surface area (Å²) in [7, 11) is 0. The van der Waals surface area contributed by atoms with Gasteiger partial charge >= 0.3 is 5.97 Å². The molecule has 2 aromatic carbocycles. The van der Waals surface area contributed by atoms with Gasteiger partial charge in [0.15, 0.2) is 11.5 Å². The van der Waals surface area contributed by atoms with Crippen molar-refractivity contribution in [1.29, 1.82) is 0 Å². The predicted octanol–water partition coefficient (Wildman–Crippen LogP) is 4.06. The monoisotopic (exact) mass is 390 g/mol. The lowest BCUT2D eigenvalue weighted by Crippen LogP contribution is -2.31. The number of carbonyl (C=O) groups excluding carboxylic acids is 2. The third-order valence-corrected chi connectivity index (χ3v) is 4.20. The van der Waals surface area contributed by atoms with E-state index >= 15 is 0 Å². The van der Waals surface area contributed by atoms with Crippen LogP contribution in [-0.2, 0) is 4.74 Å². The number of amides is 1. The summed E-state index contributed by atoms with van der Waals surface area (Å²) in [6.45, 7) is 4.46. The van der Waals surface area contributed by atoms with Crippen LogP contribution in [0.1, 0.15) is 34.7 Å². The molecule has 0 aliphatic heterocycles. The highest BCUT2D eigenvalue weighted by Gasteiger charge is 2.18. The van der Waals surface area contributed by atoms with Crippen LogP contribution in [0.5, 0.6) is 0 Å². The Hall–Kier alpha value is -3.74. The predicted molar refractivity (Wildman–Crippen MR) is 112 cm³/mol. The van der Waals surface area contributed by atoms with E-state index in [2.05, 4.69) is 15.5 Å². The SMILES string of the molecule is CCOC(=O)c1ccccc1Nc1ccc(C(=O)N(CC)c2ccccc2)nn1. The van der Waals surface area contributed by atoms with Gasteiger partial charge in [-0.05, 0) is 50.2 Å². The molecule has 3 rings (SSSR count). The summed E-state index contributed by atoms with van der Waals surface area (Å²) in [4.78, 5) is 26.5. The van der Waals surface area contributed by atoms with Crippen molar-refractivity contribution < 1.29 is 14.3 Å². The number of carbonyl (C=O) groups is 2. The Kier molecular flexibility index (Phi) is 6.52. The van der Waals surface area contributed by atoms with Crippen LogP contribution < -0.4 is 10.2 Å². The van der Waals surface area contributed by atoms with Gasteiger partial charge in [-0.3, -0.25) is 4.79 Å². The summed E-state index contributed by atoms with van der Waals surface area (Å²) in [5.41, 5.74) is 1.99. The first-order valence-electron chi connectivity index (χ1n) is 9.37. The van der Waals surface area contributed by atoms with Gasteiger partial charge in [-0.2, -0.15) is 0 Å². The van der Waals surface area contributed by atoms with Crippen molar-refractivity contribution in [2.24, 2.45) is 0 Å². The number of nitrogens with one attached hydrogen (secondary N) is 1. The van der Waals surface area contributed by atoms with E-state index in [1.54, 1.807) is 48.2 Å². The van der Waals surface area contributed by atoms with E-state index in [0.29, 0.717) is 30.2 Å². The van der Waals surface area contributed by atoms with E-state index < -0.39 is 5.97 Å². The molecule has 0 atom stereocenters. The van der Waals surface area contributed by atoms with Crippen LogP contribution in [0.15, 0.2) is 66.7 Å². The van der Waals surface area contributed by atoms with Gasteiger partial charge in [0.2, 0.25) is 0 Å². The molecule has 3 aromatic rings. The molecule has 7 nitrogen and oxygen atoms in total. The van der Waals surface area contributed by atoms with Gasteiger partial charge in [0, 0.05) is 12.2 Å². The summed E-state index contributed by atoms with van der Waals surface area (Å²) >= 11 is 0. The van der Waals surface area contributed by atoms with Crippen molar-refractivity contribution in [1.82, 2.24) is 10.2 Å². The molecule has 7 heteroatoms. The van der Waals surface area contributed by atoms with E-state index in [1.807, 2.05) is 37.3 Å². The average Bonchev–Trinajstić information content (AvgIpc) is 2.76. The molecular formula is C22H22N4O3. The molecule has 148 valence electrons. The number of hydrogen-bond acceptors (Lipinski definition) is 6. The molecule has 0 spiro atoms. The molecule has 0 saturated heterocycles. The van der Waals surface area contributed by atoms with Crippen LogP contribution >= 0.6 is 0 Å². The fourth-order valence-electron chi connectivity index (χ4n) is 2.82. The number of para-hydroxylation sites is 2. The Bertz CT molecular complexity index is 975. The number of nitrogens with zero attached hydrogens (tertiary/aromatic N) is 3. The second kappa shape index (κ2) is 9.45. The summed E-state index contributed by atoms with van der Waals surface area (Å²) in [5.74, 6) is -0.234. The van der Waals surface area contributed by atoms with Crippen LogP contribution in [0.2, 0.25) is 0 Å². The smallest absolute Gasteiger partial charge is 0.340 e. The maximum atomic E-state index is 12.8. The molecule has 0 radical (unpaired) electrons. The zero-order valence-corrected chi connectivity index (χ0v) is 16.3. The first-order valence-corrected chi connectivity index (χ1v) is 9.37. The van der Waals surface area contributed by atoms with Gasteiger partial charge in [0.05, 0.1) is 17.9 Å². The minimum Gasteiger partial charge on any atom is -0.462 e. The highest BCUT2D eigenvalue weighted by Crippen LogP contribution is 2.21. The first kappa shape index (κ1) is 20.0. The fraction of sp³-hybridized carbons (Fsp3) is 0.182. The maximum absolute atomic E-state index is 12.8. The second-order valence-corrected chi connectivity index (χ2v) is 6.08. The lowest BCUT2D eigenvalue weighted by Gasteiger charge is -2.20. The Morgan fingerprint density at radius 1 is 0.931 bits per heavy atom. The lowest BCUT2D eigenvalue weighted by atomic mass is 10.2. The zero-order chi connectivity index (χ0) is 20.6. The van der Waals surface area contributed by atoms with Crippen molar-refractivity contribution in [3.05, 3.63) is 78.0 Å². The maximum Gasteiger partial charge on any atom is 0.340 e. The summed E-state index contributed by atoms with van der Waals surface area (Å²) in [6.07, 6.45) is 0. The average molecular weight is 390 g/mol. The van der Waals surface area contributed by atoms with Crippen molar-refractivity contribution in [3.8, 4) is 0 Å². The Morgan fingerprint density at radius 3 is 2.31 bits per heavy atom. The van der Waals surface area contributed by atoms with Crippen molar-refractivity contribution >= 4 is 29.1 Å². The van der Waals surface area contributed by atoms with Crippen LogP contribution in [0, 0.1) is 0 Å². The number of aromatic nitrogens is 2. The van der Waals surface area contributed by atoms with Crippen LogP contribution in [0.3, 0.4) is 0 Å². The van der Waals surface area contributed by atoms with Crippen LogP contribution in [-0.4, -0.2) is 35.2 Å². The number of rotatable bonds is 7. The van der Waals surface area contributed by atoms with E-state index in [9.17, 15) is 9.59 Å². The summed E-state index contributed by atoms with van der Waals surface area (Å²) < 4.78 is 5.07. The number of benzene rings is 2. The van der Waals surface area contributed by atoms with E-state index in [0.717, 1.165) is 5.69 Å². The summed E-state index contributed by atoms with van der Waals surface area (Å²) in [6, 6.07) is 19.6. The third kappa shape index (κ3) is 4.76. The minimum atomic E-state index is -0.420. The molecule has 29 heavy (non-hydrogen) atoms. The molecule has 0 aliphatic carbocycles. The van der Waals surface area contributed by atoms with Gasteiger partial charge < -0.3 is 15.0 Å². The Morgan fingerprint density at radius 2 is 1.66 bits per heavy atom. The summed E-state index contributed by atoms with van der Waals surface area (Å²) in [5, 5.41) is 11.2. The zero-order valence-electron chi connectivity index (χ0n) is 16.3. The standard InChI is InChI=1S/C22H22N4O3/c1-3-26(16-10-6-5-7-11-16)21(27)19-14-15-20(25-24-19)23-18-13-9-8-12-17(18)22(28)29-4-2/h5-15H,3-4H2,1-2H3,(H,23,25). The van der Waals surface area contributed by atoms with Crippen LogP contribution in [0.4, 0.5) is 17.2 Å². The molecule has 0 unspecified atom stereocenters. The van der Waals surface area contributed by atoms with Gasteiger partial charge in [-0.15, -0.1) is 10.2 Å². The van der Waals surface area contributed by atoms with Gasteiger partial charge in [-0.25, -0.2) is 4.79 Å². The van der Waals surface area contributed by atoms with Gasteiger partial charge in [0.1, 0.15) is 0 Å². The van der Waals surface area contributed by atoms with Crippen molar-refractivity contribution in [3.63, 3.8) is 0 Å². The number of hydrogen-bond donors (Lipinski definition) is 1. The second-order valence-electron chi connectivity index (χ2n) is 6.08. The van der Waals surface area contributed by atoms with E-state index in [-0.39, 0.29) is 11.6 Å². The van der Waals surface area contributed by atoms with E-state index in [1.165, 1.54) is 0 Å². The highest BCUT2D eigenvalue weighted by atomic mass is 16.5. The number of ether oxygens (including phenoxy) is 1. The van der Waals surface area contributed by atoms with Crippen molar-refractivity contribution in [2.45, 2.75) is 13.8 Å². The van der Waals surface area contributed by atoms with Crippen molar-refractivity contribution in [2.75, 3.05) is 23.4 Å². The minimum absolute atomic E-state index is 0.232. The highest BCUT2D eigenvalue weighted by molar-refractivity contribution is 6.04. The van der Waals surface area contributed by atoms with Gasteiger partial charge in [0.25, 0.3) is 5.91 Å². The lowest BCUT2D eigenvalue weighted by molar-refractivity contribution is 0.0527. The molecule has 0 fully saturated rings. The molecule has 1 aromatic heterocycles. The largest absolute Gasteiger partial charge is 0.462 e. The third-order valence-electron chi connectivity index (χ3n) is 4.20. The molecule has 0 aliphatic rings. The van der Waals surface area contributed by atoms with Crippen LogP contribution in [0.25, 0.3) is 0 Å². The topological polar surface area (TPSA) is 84.4 Å². The Labute approximate surface area is 169 Å².